The molecule has 3 saturated heterocycles. The van der Waals surface area contributed by atoms with E-state index in [0.29, 0.717) is 31.2 Å². The van der Waals surface area contributed by atoms with Gasteiger partial charge in [0, 0.05) is 62.7 Å². The van der Waals surface area contributed by atoms with Crippen LogP contribution >= 0.6 is 0 Å². The molecular formula is C20H29N5O4. The molecule has 0 aliphatic carbocycles. The standard InChI is InChI=1S/C20H29N5O4/c26-19(23-16-2-1-3-17(12-16)25-6-5-21-20(25)27)22-13-18(15-4-9-29-14-15)24-7-10-28-11-8-24/h1-3,12,15,18H,4-11,13-14H2,(H,21,27)(H2,22,23,26)/t15-,18-/m0/s1. The average Bonchev–Trinajstić information content (AvgIpc) is 3.41. The average molecular weight is 403 g/mol. The summed E-state index contributed by atoms with van der Waals surface area (Å²) >= 11 is 0. The highest BCUT2D eigenvalue weighted by atomic mass is 16.5. The Morgan fingerprint density at radius 2 is 2.07 bits per heavy atom. The Balaban J connectivity index is 1.34. The van der Waals surface area contributed by atoms with Crippen molar-refractivity contribution >= 4 is 23.4 Å². The van der Waals surface area contributed by atoms with E-state index >= 15 is 0 Å². The van der Waals surface area contributed by atoms with Gasteiger partial charge in [-0.1, -0.05) is 6.07 Å². The number of amides is 4. The van der Waals surface area contributed by atoms with Crippen LogP contribution in [0.5, 0.6) is 0 Å². The predicted molar refractivity (Wildman–Crippen MR) is 109 cm³/mol. The molecule has 0 saturated carbocycles. The summed E-state index contributed by atoms with van der Waals surface area (Å²) in [6.07, 6.45) is 1.02. The van der Waals surface area contributed by atoms with Gasteiger partial charge in [0.25, 0.3) is 0 Å². The number of hydrogen-bond donors (Lipinski definition) is 3. The minimum absolute atomic E-state index is 0.112. The molecule has 29 heavy (non-hydrogen) atoms. The van der Waals surface area contributed by atoms with E-state index in [1.807, 2.05) is 24.3 Å². The Bertz CT molecular complexity index is 719. The molecule has 9 nitrogen and oxygen atoms in total. The lowest BCUT2D eigenvalue weighted by molar-refractivity contribution is 0.00222. The fourth-order valence-corrected chi connectivity index (χ4v) is 4.20. The zero-order valence-corrected chi connectivity index (χ0v) is 16.6. The lowest BCUT2D eigenvalue weighted by Crippen LogP contribution is -2.52. The lowest BCUT2D eigenvalue weighted by atomic mass is 9.97. The van der Waals surface area contributed by atoms with Gasteiger partial charge in [0.1, 0.15) is 0 Å². The summed E-state index contributed by atoms with van der Waals surface area (Å²) in [5.41, 5.74) is 1.43. The second kappa shape index (κ2) is 9.43. The maximum atomic E-state index is 12.5. The van der Waals surface area contributed by atoms with Gasteiger partial charge in [0.2, 0.25) is 0 Å². The third-order valence-corrected chi connectivity index (χ3v) is 5.77. The van der Waals surface area contributed by atoms with Crippen molar-refractivity contribution in [2.45, 2.75) is 12.5 Å². The number of rotatable bonds is 6. The number of benzene rings is 1. The van der Waals surface area contributed by atoms with Gasteiger partial charge in [0.05, 0.1) is 19.8 Å². The number of nitrogens with zero attached hydrogens (tertiary/aromatic N) is 2. The summed E-state index contributed by atoms with van der Waals surface area (Å²) in [6.45, 7) is 6.56. The Kier molecular flexibility index (Phi) is 6.48. The molecule has 0 aromatic heterocycles. The van der Waals surface area contributed by atoms with Gasteiger partial charge in [-0.3, -0.25) is 9.80 Å². The van der Waals surface area contributed by atoms with E-state index in [-0.39, 0.29) is 18.1 Å². The topological polar surface area (TPSA) is 95.2 Å². The van der Waals surface area contributed by atoms with E-state index in [4.69, 9.17) is 9.47 Å². The van der Waals surface area contributed by atoms with Crippen molar-refractivity contribution < 1.29 is 19.1 Å². The molecule has 0 unspecified atom stereocenters. The van der Waals surface area contributed by atoms with Crippen LogP contribution in [0.25, 0.3) is 0 Å². The number of carbonyl (C=O) groups excluding carboxylic acids is 2. The number of anilines is 2. The molecule has 3 aliphatic heterocycles. The monoisotopic (exact) mass is 403 g/mol. The van der Waals surface area contributed by atoms with Gasteiger partial charge in [-0.05, 0) is 24.6 Å². The highest BCUT2D eigenvalue weighted by Crippen LogP contribution is 2.23. The molecule has 4 amide bonds. The van der Waals surface area contributed by atoms with Crippen LogP contribution in [0.3, 0.4) is 0 Å². The van der Waals surface area contributed by atoms with Crippen LogP contribution in [0.1, 0.15) is 6.42 Å². The smallest absolute Gasteiger partial charge is 0.321 e. The molecule has 1 aromatic carbocycles. The first-order chi connectivity index (χ1) is 14.2. The van der Waals surface area contributed by atoms with Crippen LogP contribution < -0.4 is 20.9 Å². The highest BCUT2D eigenvalue weighted by molar-refractivity contribution is 5.95. The number of nitrogens with one attached hydrogen (secondary N) is 3. The van der Waals surface area contributed by atoms with Crippen LogP contribution in [-0.2, 0) is 9.47 Å². The second-order valence-corrected chi connectivity index (χ2v) is 7.61. The summed E-state index contributed by atoms with van der Waals surface area (Å²) in [5.74, 6) is 0.422. The Morgan fingerprint density at radius 3 is 2.79 bits per heavy atom. The largest absolute Gasteiger partial charge is 0.381 e. The minimum atomic E-state index is -0.245. The van der Waals surface area contributed by atoms with Crippen LogP contribution in [0, 0.1) is 5.92 Å². The Hall–Kier alpha value is -2.36. The predicted octanol–water partition coefficient (Wildman–Crippen LogP) is 1.08. The Morgan fingerprint density at radius 1 is 1.21 bits per heavy atom. The summed E-state index contributed by atoms with van der Waals surface area (Å²) in [7, 11) is 0. The van der Waals surface area contributed by atoms with E-state index in [9.17, 15) is 9.59 Å². The molecule has 0 spiro atoms. The molecule has 2 atom stereocenters. The number of hydrogen-bond acceptors (Lipinski definition) is 5. The van der Waals surface area contributed by atoms with Gasteiger partial charge in [-0.25, -0.2) is 9.59 Å². The number of ether oxygens (including phenoxy) is 2. The van der Waals surface area contributed by atoms with Crippen molar-refractivity contribution in [1.29, 1.82) is 0 Å². The van der Waals surface area contributed by atoms with Crippen molar-refractivity contribution in [3.05, 3.63) is 24.3 Å². The van der Waals surface area contributed by atoms with E-state index in [2.05, 4.69) is 20.9 Å². The molecular weight excluding hydrogens is 374 g/mol. The van der Waals surface area contributed by atoms with Crippen molar-refractivity contribution in [2.24, 2.45) is 5.92 Å². The fraction of sp³-hybridized carbons (Fsp3) is 0.600. The van der Waals surface area contributed by atoms with Gasteiger partial charge >= 0.3 is 12.1 Å². The van der Waals surface area contributed by atoms with Crippen molar-refractivity contribution in [2.75, 3.05) is 69.4 Å². The van der Waals surface area contributed by atoms with Crippen molar-refractivity contribution in [3.8, 4) is 0 Å². The first kappa shape index (κ1) is 19.9. The van der Waals surface area contributed by atoms with E-state index in [1.54, 1.807) is 4.90 Å². The summed E-state index contributed by atoms with van der Waals surface area (Å²) < 4.78 is 11.1. The quantitative estimate of drug-likeness (QED) is 0.661. The third-order valence-electron chi connectivity index (χ3n) is 5.77. The summed E-state index contributed by atoms with van der Waals surface area (Å²) in [6, 6.07) is 7.22. The van der Waals surface area contributed by atoms with Crippen LogP contribution in [0.2, 0.25) is 0 Å². The Labute approximate surface area is 170 Å². The van der Waals surface area contributed by atoms with Crippen LogP contribution in [0.15, 0.2) is 24.3 Å². The molecule has 4 rings (SSSR count). The molecule has 0 bridgehead atoms. The molecule has 158 valence electrons. The third kappa shape index (κ3) is 4.98. The fourth-order valence-electron chi connectivity index (χ4n) is 4.20. The van der Waals surface area contributed by atoms with Crippen molar-refractivity contribution in [3.63, 3.8) is 0 Å². The number of carbonyl (C=O) groups is 2. The van der Waals surface area contributed by atoms with Gasteiger partial charge in [0.15, 0.2) is 0 Å². The van der Waals surface area contributed by atoms with E-state index in [1.165, 1.54) is 0 Å². The van der Waals surface area contributed by atoms with E-state index < -0.39 is 0 Å². The van der Waals surface area contributed by atoms with Crippen LogP contribution in [0.4, 0.5) is 21.0 Å². The van der Waals surface area contributed by atoms with Gasteiger partial charge in [-0.15, -0.1) is 0 Å². The summed E-state index contributed by atoms with van der Waals surface area (Å²) in [4.78, 5) is 28.4. The molecule has 3 fully saturated rings. The first-order valence-electron chi connectivity index (χ1n) is 10.3. The molecule has 1 aromatic rings. The van der Waals surface area contributed by atoms with E-state index in [0.717, 1.165) is 51.6 Å². The first-order valence-corrected chi connectivity index (χ1v) is 10.3. The van der Waals surface area contributed by atoms with Crippen LogP contribution in [-0.4, -0.2) is 82.2 Å². The molecule has 3 N–H and O–H groups in total. The molecule has 0 radical (unpaired) electrons. The zero-order chi connectivity index (χ0) is 20.1. The molecule has 3 heterocycles. The summed E-state index contributed by atoms with van der Waals surface area (Å²) in [5, 5.41) is 8.69. The minimum Gasteiger partial charge on any atom is -0.381 e. The SMILES string of the molecule is O=C(NC[C@@H]([C@H]1CCOC1)N1CCOCC1)Nc1cccc(N2CCNC2=O)c1. The van der Waals surface area contributed by atoms with Gasteiger partial charge < -0.3 is 25.4 Å². The van der Waals surface area contributed by atoms with Crippen molar-refractivity contribution in [1.82, 2.24) is 15.5 Å². The zero-order valence-electron chi connectivity index (χ0n) is 16.6. The second-order valence-electron chi connectivity index (χ2n) is 7.61. The number of morpholine rings is 1. The maximum Gasteiger partial charge on any atom is 0.321 e. The molecule has 3 aliphatic rings. The normalized spacial score (nSPS) is 23.7. The lowest BCUT2D eigenvalue weighted by Gasteiger charge is -2.37. The molecule has 9 heteroatoms. The number of urea groups is 2. The van der Waals surface area contributed by atoms with Gasteiger partial charge in [-0.2, -0.15) is 0 Å². The maximum absolute atomic E-state index is 12.5. The highest BCUT2D eigenvalue weighted by Gasteiger charge is 2.31.